The average Bonchev–Trinajstić information content (AvgIpc) is 0. The molecule has 2 radical (unpaired) electrons. The van der Waals surface area contributed by atoms with Gasteiger partial charge in [-0.05, 0) is 0 Å². The van der Waals surface area contributed by atoms with E-state index in [0.29, 0.717) is 0 Å². The van der Waals surface area contributed by atoms with E-state index in [2.05, 4.69) is 0 Å². The molecule has 0 amide bonds. The fourth-order valence-corrected chi connectivity index (χ4v) is 0. The van der Waals surface area contributed by atoms with E-state index in [1.807, 2.05) is 0 Å². The zero-order valence-corrected chi connectivity index (χ0v) is 11.8. The molecular weight excluding hydrogens is 449 g/mol. The van der Waals surface area contributed by atoms with Gasteiger partial charge in [0.1, 0.15) is 0 Å². The predicted octanol–water partition coefficient (Wildman–Crippen LogP) is -4.27. The van der Waals surface area contributed by atoms with E-state index in [-0.39, 0.29) is 86.1 Å². The Labute approximate surface area is 85.1 Å². The second-order valence-electron chi connectivity index (χ2n) is 0. The summed E-state index contributed by atoms with van der Waals surface area (Å²) in [6, 6.07) is 0. The summed E-state index contributed by atoms with van der Waals surface area (Å²) < 4.78 is 0. The largest absolute Gasteiger partial charge is 3.00 e. The minimum Gasteiger partial charge on any atom is -2.00 e. The van der Waals surface area contributed by atoms with Gasteiger partial charge in [0.05, 0.1) is 0 Å². The Bertz CT molecular complexity index is 10.8. The van der Waals surface area contributed by atoms with Gasteiger partial charge < -0.3 is 16.4 Å². The first-order valence-electron chi connectivity index (χ1n) is 0. The minimum absolute atomic E-state index is 0. The standard InChI is InChI=1S/Bi.H2I.3O.Zn/h;1H2;;;;/q+3;+1;3*-2;+2. The predicted molar refractivity (Wildman–Crippen MR) is 10.6 cm³/mol. The van der Waals surface area contributed by atoms with Crippen molar-refractivity contribution in [2.75, 3.05) is 0 Å². The Balaban J connectivity index is 0. The van der Waals surface area contributed by atoms with Crippen molar-refractivity contribution < 1.29 is 59.9 Å². The van der Waals surface area contributed by atoms with E-state index < -0.39 is 0 Å². The van der Waals surface area contributed by atoms with Gasteiger partial charge in [-0.15, -0.1) is 0 Å². The van der Waals surface area contributed by atoms with Crippen LogP contribution in [-0.4, -0.2) is 26.2 Å². The molecule has 0 heterocycles. The van der Waals surface area contributed by atoms with E-state index in [4.69, 9.17) is 0 Å². The quantitative estimate of drug-likeness (QED) is 0.264. The molecule has 0 rings (SSSR count). The topological polar surface area (TPSA) is 85.5 Å². The zero-order chi connectivity index (χ0) is 0. The van der Waals surface area contributed by atoms with Crippen LogP contribution in [0.2, 0.25) is 0 Å². The van der Waals surface area contributed by atoms with Crippen LogP contribution in [-0.2, 0) is 35.9 Å². The number of hydrogen-bond donors (Lipinski definition) is 0. The molecule has 0 aromatic rings. The van der Waals surface area contributed by atoms with Crippen molar-refractivity contribution in [2.45, 2.75) is 0 Å². The molecule has 0 aromatic heterocycles. The maximum absolute atomic E-state index is 0. The fourth-order valence-electron chi connectivity index (χ4n) is 0. The first kappa shape index (κ1) is 91.8. The van der Waals surface area contributed by atoms with Crippen LogP contribution in [0.3, 0.4) is 0 Å². The van der Waals surface area contributed by atoms with Crippen LogP contribution in [0.1, 0.15) is 0 Å². The van der Waals surface area contributed by atoms with E-state index >= 15 is 0 Å². The summed E-state index contributed by atoms with van der Waals surface area (Å²) in [5.41, 5.74) is 0. The SMILES string of the molecule is [Bi+3].[IH2+].[O-2].[O-2].[O-2].[Zn+2]. The minimum atomic E-state index is 0. The van der Waals surface area contributed by atoms with Crippen LogP contribution in [0.5, 0.6) is 0 Å². The first-order chi connectivity index (χ1) is 0. The van der Waals surface area contributed by atoms with Crippen molar-refractivity contribution in [1.29, 1.82) is 0 Å². The van der Waals surface area contributed by atoms with Crippen molar-refractivity contribution in [2.24, 2.45) is 0 Å². The third-order valence-electron chi connectivity index (χ3n) is 0. The molecule has 0 fully saturated rings. The van der Waals surface area contributed by atoms with Crippen molar-refractivity contribution in [3.8, 4) is 0 Å². The normalized spacial score (nSPS) is 0. The van der Waals surface area contributed by atoms with Gasteiger partial charge in [0, 0.05) is 0 Å². The van der Waals surface area contributed by atoms with E-state index in [1.165, 1.54) is 0 Å². The summed E-state index contributed by atoms with van der Waals surface area (Å²) >= 11 is 0. The summed E-state index contributed by atoms with van der Waals surface area (Å²) in [6.45, 7) is 0. The molecular formula is H2BiIO3Zn. The monoisotopic (exact) mass is 450 g/mol. The third-order valence-corrected chi connectivity index (χ3v) is 0. The van der Waals surface area contributed by atoms with Gasteiger partial charge in [0.15, 0.2) is 0 Å². The fraction of sp³-hybridized carbons (Fsp3) is 0. The molecule has 0 bridgehead atoms. The Morgan fingerprint density at radius 2 is 0.667 bits per heavy atom. The van der Waals surface area contributed by atoms with E-state index in [9.17, 15) is 0 Å². The molecule has 0 aliphatic heterocycles. The number of rotatable bonds is 0. The average molecular weight is 451 g/mol. The van der Waals surface area contributed by atoms with Crippen molar-refractivity contribution in [3.63, 3.8) is 0 Å². The summed E-state index contributed by atoms with van der Waals surface area (Å²) in [5, 5.41) is 0. The van der Waals surface area contributed by atoms with Crippen molar-refractivity contribution >= 4 is 26.2 Å². The molecule has 0 unspecified atom stereocenters. The Kier molecular flexibility index (Phi) is 909. The molecule has 0 saturated heterocycles. The van der Waals surface area contributed by atoms with Crippen LogP contribution in [0, 0.1) is 0 Å². The molecule has 3 nitrogen and oxygen atoms in total. The molecule has 6 heavy (non-hydrogen) atoms. The van der Waals surface area contributed by atoms with Gasteiger partial charge in [-0.2, -0.15) is 0 Å². The van der Waals surface area contributed by atoms with Crippen LogP contribution in [0.15, 0.2) is 0 Å². The molecule has 0 N–H and O–H groups in total. The van der Waals surface area contributed by atoms with Gasteiger partial charge in [0.2, 0.25) is 24.0 Å². The molecule has 0 spiro atoms. The summed E-state index contributed by atoms with van der Waals surface area (Å²) in [7, 11) is 0. The Morgan fingerprint density at radius 1 is 0.667 bits per heavy atom. The zero-order valence-electron chi connectivity index (χ0n) is 2.83. The Hall–Kier alpha value is 2.12. The molecule has 34 valence electrons. The summed E-state index contributed by atoms with van der Waals surface area (Å²) in [5.74, 6) is 0. The van der Waals surface area contributed by atoms with E-state index in [0.717, 1.165) is 0 Å². The number of halogens is 1. The van der Waals surface area contributed by atoms with E-state index in [1.54, 1.807) is 0 Å². The van der Waals surface area contributed by atoms with Gasteiger partial charge in [-0.3, -0.25) is 0 Å². The molecule has 0 saturated carbocycles. The second kappa shape index (κ2) is 59.4. The molecule has 6 heteroatoms. The summed E-state index contributed by atoms with van der Waals surface area (Å²) in [6.07, 6.45) is 0. The van der Waals surface area contributed by atoms with Crippen LogP contribution >= 0.6 is 0 Å². The van der Waals surface area contributed by atoms with Crippen LogP contribution in [0.4, 0.5) is 0 Å². The van der Waals surface area contributed by atoms with Crippen molar-refractivity contribution in [3.05, 3.63) is 0 Å². The molecule has 0 aromatic carbocycles. The number of hydrogen-bond acceptors (Lipinski definition) is 0. The first-order valence-corrected chi connectivity index (χ1v) is 0. The smallest absolute Gasteiger partial charge is 2.00 e. The van der Waals surface area contributed by atoms with Gasteiger partial charge in [0.25, 0.3) is 0 Å². The maximum Gasteiger partial charge on any atom is 3.00 e. The molecule has 0 aliphatic rings. The Morgan fingerprint density at radius 3 is 0.667 bits per heavy atom. The maximum atomic E-state index is 0. The molecule has 0 atom stereocenters. The van der Waals surface area contributed by atoms with Crippen molar-refractivity contribution in [1.82, 2.24) is 0 Å². The van der Waals surface area contributed by atoms with Gasteiger partial charge in [-0.25, -0.2) is 0 Å². The third kappa shape index (κ3) is 35.7. The second-order valence-corrected chi connectivity index (χ2v) is 0. The van der Waals surface area contributed by atoms with Gasteiger partial charge >= 0.3 is 45.7 Å². The summed E-state index contributed by atoms with van der Waals surface area (Å²) in [4.78, 5) is 0. The van der Waals surface area contributed by atoms with Crippen LogP contribution in [0.25, 0.3) is 0 Å². The van der Waals surface area contributed by atoms with Crippen LogP contribution < -0.4 is 24.0 Å². The molecule has 0 aliphatic carbocycles. The van der Waals surface area contributed by atoms with Gasteiger partial charge in [-0.1, -0.05) is 0 Å².